The molecule has 2 rings (SSSR count). The van der Waals surface area contributed by atoms with E-state index in [0.717, 1.165) is 28.6 Å². The molecule has 3 N–H and O–H groups in total. The summed E-state index contributed by atoms with van der Waals surface area (Å²) in [5.74, 6) is 0.0599. The van der Waals surface area contributed by atoms with E-state index in [4.69, 9.17) is 5.73 Å². The van der Waals surface area contributed by atoms with Gasteiger partial charge >= 0.3 is 0 Å². The third-order valence-electron chi connectivity index (χ3n) is 3.78. The average Bonchev–Trinajstić information content (AvgIpc) is 2.27. The van der Waals surface area contributed by atoms with E-state index in [0.29, 0.717) is 13.0 Å². The highest BCUT2D eigenvalue weighted by Gasteiger charge is 2.37. The highest BCUT2D eigenvalue weighted by Crippen LogP contribution is 2.43. The zero-order valence-electron chi connectivity index (χ0n) is 10.6. The van der Waals surface area contributed by atoms with E-state index in [9.17, 15) is 4.79 Å². The van der Waals surface area contributed by atoms with Crippen molar-refractivity contribution in [1.29, 1.82) is 0 Å². The van der Waals surface area contributed by atoms with Gasteiger partial charge in [0.25, 0.3) is 0 Å². The van der Waals surface area contributed by atoms with Crippen molar-refractivity contribution in [3.63, 3.8) is 0 Å². The van der Waals surface area contributed by atoms with Gasteiger partial charge in [0, 0.05) is 10.9 Å². The molecule has 0 atom stereocenters. The van der Waals surface area contributed by atoms with Gasteiger partial charge in [-0.1, -0.05) is 12.5 Å². The van der Waals surface area contributed by atoms with Crippen molar-refractivity contribution in [2.75, 3.05) is 11.9 Å². The number of nitrogens with two attached hydrogens (primary N) is 1. The van der Waals surface area contributed by atoms with Crippen LogP contribution in [-0.2, 0) is 4.79 Å². The second kappa shape index (κ2) is 5.41. The number of carbonyl (C=O) groups is 1. The van der Waals surface area contributed by atoms with Crippen LogP contribution in [0.15, 0.2) is 22.7 Å². The summed E-state index contributed by atoms with van der Waals surface area (Å²) in [5.41, 5.74) is 7.82. The van der Waals surface area contributed by atoms with E-state index in [1.54, 1.807) is 0 Å². The van der Waals surface area contributed by atoms with Crippen LogP contribution in [0.3, 0.4) is 0 Å². The molecule has 3 nitrogen and oxygen atoms in total. The normalized spacial score (nSPS) is 17.1. The Bertz CT molecular complexity index is 450. The maximum Gasteiger partial charge on any atom is 0.225 e. The molecule has 0 aromatic heterocycles. The number of rotatable bonds is 4. The molecule has 0 unspecified atom stereocenters. The summed E-state index contributed by atoms with van der Waals surface area (Å²) in [6.45, 7) is 2.63. The Morgan fingerprint density at radius 1 is 1.50 bits per heavy atom. The minimum absolute atomic E-state index is 0.0568. The minimum atomic E-state index is 0.0568. The number of aryl methyl sites for hydroxylation is 1. The minimum Gasteiger partial charge on any atom is -0.330 e. The standard InChI is InChI=1S/C14H19BrN2O/c1-10-3-4-12(11(15)7-10)17-13(18)8-14(9-16)5-2-6-14/h3-4,7H,2,5-6,8-9,16H2,1H3,(H,17,18). The maximum atomic E-state index is 12.0. The van der Waals surface area contributed by atoms with Crippen molar-refractivity contribution in [2.45, 2.75) is 32.6 Å². The van der Waals surface area contributed by atoms with Crippen molar-refractivity contribution in [3.8, 4) is 0 Å². The SMILES string of the molecule is Cc1ccc(NC(=O)CC2(CN)CCC2)c(Br)c1. The molecule has 0 heterocycles. The zero-order chi connectivity index (χ0) is 13.2. The second-order valence-corrected chi connectivity index (χ2v) is 6.12. The molecule has 1 aromatic rings. The molecule has 0 spiro atoms. The maximum absolute atomic E-state index is 12.0. The number of amides is 1. The number of nitrogens with one attached hydrogen (secondary N) is 1. The first-order valence-electron chi connectivity index (χ1n) is 6.31. The molecule has 98 valence electrons. The second-order valence-electron chi connectivity index (χ2n) is 5.27. The highest BCUT2D eigenvalue weighted by atomic mass is 79.9. The molecule has 0 radical (unpaired) electrons. The number of hydrogen-bond donors (Lipinski definition) is 2. The van der Waals surface area contributed by atoms with Crippen molar-refractivity contribution in [2.24, 2.45) is 11.1 Å². The van der Waals surface area contributed by atoms with Gasteiger partial charge in [0.2, 0.25) is 5.91 Å². The lowest BCUT2D eigenvalue weighted by atomic mass is 9.66. The third kappa shape index (κ3) is 2.93. The van der Waals surface area contributed by atoms with Crippen LogP contribution in [-0.4, -0.2) is 12.5 Å². The van der Waals surface area contributed by atoms with E-state index in [1.807, 2.05) is 25.1 Å². The first-order valence-corrected chi connectivity index (χ1v) is 7.10. The van der Waals surface area contributed by atoms with Crippen LogP contribution in [0, 0.1) is 12.3 Å². The summed E-state index contributed by atoms with van der Waals surface area (Å²) < 4.78 is 0.922. The van der Waals surface area contributed by atoms with Crippen molar-refractivity contribution in [3.05, 3.63) is 28.2 Å². The fraction of sp³-hybridized carbons (Fsp3) is 0.500. The number of halogens is 1. The molecule has 0 saturated heterocycles. The van der Waals surface area contributed by atoms with Gasteiger partial charge in [0.05, 0.1) is 5.69 Å². The number of carbonyl (C=O) groups excluding carboxylic acids is 1. The molecule has 1 aromatic carbocycles. The first-order chi connectivity index (χ1) is 8.54. The Kier molecular flexibility index (Phi) is 4.07. The average molecular weight is 311 g/mol. The predicted octanol–water partition coefficient (Wildman–Crippen LogP) is 3.22. The zero-order valence-corrected chi connectivity index (χ0v) is 12.2. The molecule has 1 amide bonds. The fourth-order valence-corrected chi connectivity index (χ4v) is 2.98. The van der Waals surface area contributed by atoms with E-state index < -0.39 is 0 Å². The fourth-order valence-electron chi connectivity index (χ4n) is 2.39. The first kappa shape index (κ1) is 13.6. The van der Waals surface area contributed by atoms with E-state index in [1.165, 1.54) is 6.42 Å². The lowest BCUT2D eigenvalue weighted by molar-refractivity contribution is -0.119. The number of anilines is 1. The monoisotopic (exact) mass is 310 g/mol. The Labute approximate surface area is 116 Å². The van der Waals surface area contributed by atoms with Crippen LogP contribution in [0.2, 0.25) is 0 Å². The van der Waals surface area contributed by atoms with Crippen LogP contribution in [0.1, 0.15) is 31.2 Å². The molecular formula is C14H19BrN2O. The molecule has 1 saturated carbocycles. The Hall–Kier alpha value is -0.870. The molecule has 1 aliphatic carbocycles. The van der Waals surface area contributed by atoms with Crippen LogP contribution in [0.4, 0.5) is 5.69 Å². The Morgan fingerprint density at radius 3 is 2.72 bits per heavy atom. The van der Waals surface area contributed by atoms with Gasteiger partial charge in [-0.05, 0) is 65.4 Å². The van der Waals surface area contributed by atoms with Gasteiger partial charge in [-0.25, -0.2) is 0 Å². The van der Waals surface area contributed by atoms with Crippen LogP contribution in [0.5, 0.6) is 0 Å². The Morgan fingerprint density at radius 2 is 2.22 bits per heavy atom. The molecule has 1 fully saturated rings. The summed E-state index contributed by atoms with van der Waals surface area (Å²) in [7, 11) is 0. The van der Waals surface area contributed by atoms with E-state index in [-0.39, 0.29) is 11.3 Å². The quantitative estimate of drug-likeness (QED) is 0.897. The molecule has 0 aliphatic heterocycles. The van der Waals surface area contributed by atoms with Gasteiger partial charge in [0.15, 0.2) is 0 Å². The van der Waals surface area contributed by atoms with Crippen LogP contribution < -0.4 is 11.1 Å². The van der Waals surface area contributed by atoms with Gasteiger partial charge in [0.1, 0.15) is 0 Å². The molecule has 18 heavy (non-hydrogen) atoms. The Balaban J connectivity index is 1.98. The van der Waals surface area contributed by atoms with Gasteiger partial charge in [-0.3, -0.25) is 4.79 Å². The topological polar surface area (TPSA) is 55.1 Å². The van der Waals surface area contributed by atoms with Crippen molar-refractivity contribution in [1.82, 2.24) is 0 Å². The van der Waals surface area contributed by atoms with Crippen LogP contribution in [0.25, 0.3) is 0 Å². The van der Waals surface area contributed by atoms with Gasteiger partial charge in [-0.2, -0.15) is 0 Å². The van der Waals surface area contributed by atoms with Gasteiger partial charge < -0.3 is 11.1 Å². The summed E-state index contributed by atoms with van der Waals surface area (Å²) in [5, 5.41) is 2.95. The molecular weight excluding hydrogens is 292 g/mol. The molecule has 0 bridgehead atoms. The smallest absolute Gasteiger partial charge is 0.225 e. The molecule has 1 aliphatic rings. The predicted molar refractivity (Wildman–Crippen MR) is 77.5 cm³/mol. The van der Waals surface area contributed by atoms with Crippen LogP contribution >= 0.6 is 15.9 Å². The van der Waals surface area contributed by atoms with Crippen molar-refractivity contribution < 1.29 is 4.79 Å². The summed E-state index contributed by atoms with van der Waals surface area (Å²) in [6.07, 6.45) is 3.88. The highest BCUT2D eigenvalue weighted by molar-refractivity contribution is 9.10. The summed E-state index contributed by atoms with van der Waals surface area (Å²) >= 11 is 3.46. The number of hydrogen-bond acceptors (Lipinski definition) is 2. The van der Waals surface area contributed by atoms with E-state index in [2.05, 4.69) is 21.2 Å². The number of benzene rings is 1. The van der Waals surface area contributed by atoms with Crippen molar-refractivity contribution >= 4 is 27.5 Å². The van der Waals surface area contributed by atoms with Gasteiger partial charge in [-0.15, -0.1) is 0 Å². The third-order valence-corrected chi connectivity index (χ3v) is 4.44. The lowest BCUT2D eigenvalue weighted by Gasteiger charge is -2.40. The molecule has 4 heteroatoms. The largest absolute Gasteiger partial charge is 0.330 e. The summed E-state index contributed by atoms with van der Waals surface area (Å²) in [6, 6.07) is 5.91. The lowest BCUT2D eigenvalue weighted by Crippen LogP contribution is -2.40. The van der Waals surface area contributed by atoms with E-state index >= 15 is 0 Å². The summed E-state index contributed by atoms with van der Waals surface area (Å²) in [4.78, 5) is 12.0.